The molecule has 3 aliphatic rings. The molecule has 1 aliphatic heterocycles. The van der Waals surface area contributed by atoms with Crippen LogP contribution in [-0.2, 0) is 22.5 Å². The van der Waals surface area contributed by atoms with E-state index in [9.17, 15) is 4.79 Å². The molecule has 0 spiro atoms. The molecular weight excluding hydrogens is 685 g/mol. The summed E-state index contributed by atoms with van der Waals surface area (Å²) in [6.07, 6.45) is 8.86. The maximum absolute atomic E-state index is 13.3. The topological polar surface area (TPSA) is 93.1 Å². The Labute approximate surface area is 313 Å². The van der Waals surface area contributed by atoms with Crippen molar-refractivity contribution in [3.05, 3.63) is 87.4 Å². The molecule has 1 atom stereocenters. The third kappa shape index (κ3) is 12.3. The van der Waals surface area contributed by atoms with E-state index < -0.39 is 0 Å². The molecule has 3 aromatic rings. The summed E-state index contributed by atoms with van der Waals surface area (Å²) >= 11 is 12.2. The number of hydrogen-bond donors (Lipinski definition) is 1. The molecule has 2 aliphatic carbocycles. The number of nitriles is 1. The van der Waals surface area contributed by atoms with Gasteiger partial charge in [0.05, 0.1) is 28.6 Å². The number of ether oxygens (including phenoxy) is 4. The van der Waals surface area contributed by atoms with E-state index in [1.807, 2.05) is 49.4 Å². The minimum absolute atomic E-state index is 0.0466. The number of benzene rings is 3. The molecule has 0 bridgehead atoms. The Morgan fingerprint density at radius 3 is 2.31 bits per heavy atom. The van der Waals surface area contributed by atoms with Gasteiger partial charge in [0.25, 0.3) is 0 Å². The molecule has 3 aromatic carbocycles. The van der Waals surface area contributed by atoms with Crippen LogP contribution in [0.25, 0.3) is 0 Å². The number of methoxy groups -OCH3 is 1. The number of nitrogens with one attached hydrogen (secondary N) is 1. The number of piperidine rings is 1. The van der Waals surface area contributed by atoms with E-state index in [1.165, 1.54) is 5.56 Å². The summed E-state index contributed by atoms with van der Waals surface area (Å²) < 4.78 is 22.5. The largest absolute Gasteiger partial charge is 0.493 e. The number of carbonyl (C=O) groups is 1. The van der Waals surface area contributed by atoms with E-state index in [0.717, 1.165) is 93.7 Å². The molecule has 10 heteroatoms. The van der Waals surface area contributed by atoms with Crippen LogP contribution in [-0.4, -0.2) is 63.5 Å². The van der Waals surface area contributed by atoms with E-state index in [2.05, 4.69) is 34.5 Å². The minimum Gasteiger partial charge on any atom is -0.493 e. The molecule has 3 fully saturated rings. The summed E-state index contributed by atoms with van der Waals surface area (Å²) in [5, 5.41) is 13.5. The van der Waals surface area contributed by atoms with Crippen LogP contribution in [0, 0.1) is 29.6 Å². The van der Waals surface area contributed by atoms with Crippen LogP contribution in [0.15, 0.2) is 60.7 Å². The van der Waals surface area contributed by atoms with Crippen LogP contribution in [0.4, 0.5) is 0 Å². The number of carbonyl (C=O) groups excluding carboxylic acids is 1. The maximum Gasteiger partial charge on any atom is 0.227 e. The van der Waals surface area contributed by atoms with Gasteiger partial charge in [0, 0.05) is 44.7 Å². The van der Waals surface area contributed by atoms with Crippen molar-refractivity contribution in [2.24, 2.45) is 11.3 Å². The predicted octanol–water partition coefficient (Wildman–Crippen LogP) is 8.59. The molecule has 0 unspecified atom stereocenters. The molecule has 0 aromatic heterocycles. The Bertz CT molecular complexity index is 1580. The van der Waals surface area contributed by atoms with Crippen LogP contribution in [0.5, 0.6) is 17.2 Å². The second-order valence-electron chi connectivity index (χ2n) is 14.0. The van der Waals surface area contributed by atoms with Gasteiger partial charge in [-0.15, -0.1) is 0 Å². The first-order valence-electron chi connectivity index (χ1n) is 18.2. The Morgan fingerprint density at radius 1 is 0.941 bits per heavy atom. The van der Waals surface area contributed by atoms with E-state index in [0.29, 0.717) is 60.5 Å². The highest BCUT2D eigenvalue weighted by atomic mass is 35.5. The third-order valence-electron chi connectivity index (χ3n) is 9.55. The fourth-order valence-corrected chi connectivity index (χ4v) is 7.04. The lowest BCUT2D eigenvalue weighted by Gasteiger charge is -2.30. The van der Waals surface area contributed by atoms with Crippen LogP contribution in [0.2, 0.25) is 10.0 Å². The quantitative estimate of drug-likeness (QED) is 0.139. The van der Waals surface area contributed by atoms with E-state index in [-0.39, 0.29) is 11.3 Å². The van der Waals surface area contributed by atoms with Gasteiger partial charge < -0.3 is 29.2 Å². The summed E-state index contributed by atoms with van der Waals surface area (Å²) in [5.74, 6) is 2.59. The van der Waals surface area contributed by atoms with Gasteiger partial charge in [0.15, 0.2) is 5.75 Å². The molecule has 1 N–H and O–H groups in total. The Kier molecular flexibility index (Phi) is 14.7. The average molecular weight is 737 g/mol. The standard InChI is InChI=1S/C26H37N3O3.C15H14Cl2O2/c1-31-13-3-4-20-14-21(16-24(15-20)32-19-26(8-9-26)10-11-27)18-29(23-6-7-23)25(30)22-5-2-12-28-17-22;1-11-9-13(16)15(14(17)10-11)19-8-7-18-12-5-3-2-4-6-12/h14-16,22-23,28H,2-10,12-13,17-19H2,1H3;2-6,9-10H,7-8H2,1H3/t22-;/m1./s1. The number of para-hydroxylation sites is 1. The van der Waals surface area contributed by atoms with E-state index >= 15 is 0 Å². The van der Waals surface area contributed by atoms with Gasteiger partial charge in [-0.05, 0) is 118 Å². The van der Waals surface area contributed by atoms with Crippen molar-refractivity contribution in [2.45, 2.75) is 77.3 Å². The van der Waals surface area contributed by atoms with Crippen molar-refractivity contribution in [2.75, 3.05) is 46.6 Å². The summed E-state index contributed by atoms with van der Waals surface area (Å²) in [6.45, 7) is 6.55. The lowest BCUT2D eigenvalue weighted by atomic mass is 9.97. The molecule has 8 nitrogen and oxygen atoms in total. The number of hydrogen-bond acceptors (Lipinski definition) is 7. The molecule has 6 rings (SSSR count). The van der Waals surface area contributed by atoms with Crippen molar-refractivity contribution in [3.8, 4) is 23.3 Å². The fraction of sp³-hybridized carbons (Fsp3) is 0.512. The molecule has 0 radical (unpaired) electrons. The van der Waals surface area contributed by atoms with E-state index in [4.69, 9.17) is 47.4 Å². The van der Waals surface area contributed by atoms with Gasteiger partial charge >= 0.3 is 0 Å². The number of rotatable bonds is 17. The summed E-state index contributed by atoms with van der Waals surface area (Å²) in [6, 6.07) is 22.4. The first-order valence-corrected chi connectivity index (χ1v) is 18.9. The van der Waals surface area contributed by atoms with Crippen LogP contribution < -0.4 is 19.5 Å². The first-order chi connectivity index (χ1) is 24.8. The molecule has 1 amide bonds. The Hall–Kier alpha value is -3.48. The SMILES string of the molecule is COCCCc1cc(CN(C(=O)[C@@H]2CCCNC2)C2CC2)cc(OCC2(CC#N)CC2)c1.Cc1cc(Cl)c(OCCOc2ccccc2)c(Cl)c1. The predicted molar refractivity (Wildman–Crippen MR) is 202 cm³/mol. The highest BCUT2D eigenvalue weighted by Crippen LogP contribution is 2.48. The zero-order valence-corrected chi connectivity index (χ0v) is 31.4. The Morgan fingerprint density at radius 2 is 1.67 bits per heavy atom. The molecule has 274 valence electrons. The van der Waals surface area contributed by atoms with Crippen LogP contribution >= 0.6 is 23.2 Å². The van der Waals surface area contributed by atoms with Gasteiger partial charge in [-0.2, -0.15) is 5.26 Å². The van der Waals surface area contributed by atoms with Gasteiger partial charge in [0.2, 0.25) is 5.91 Å². The lowest BCUT2D eigenvalue weighted by Crippen LogP contribution is -2.43. The molecule has 51 heavy (non-hydrogen) atoms. The number of amides is 1. The molecule has 1 saturated heterocycles. The monoisotopic (exact) mass is 735 g/mol. The zero-order chi connectivity index (χ0) is 36.1. The van der Waals surface area contributed by atoms with Crippen molar-refractivity contribution >= 4 is 29.1 Å². The minimum atomic E-state index is 0.0466. The number of nitrogens with zero attached hydrogens (tertiary/aromatic N) is 2. The summed E-state index contributed by atoms with van der Waals surface area (Å²) in [4.78, 5) is 15.4. The number of halogens is 2. The van der Waals surface area contributed by atoms with E-state index in [1.54, 1.807) is 7.11 Å². The van der Waals surface area contributed by atoms with Gasteiger partial charge in [0.1, 0.15) is 24.7 Å². The summed E-state index contributed by atoms with van der Waals surface area (Å²) in [5.41, 5.74) is 3.42. The fourth-order valence-electron chi connectivity index (χ4n) is 6.33. The normalized spacial score (nSPS) is 17.4. The second-order valence-corrected chi connectivity index (χ2v) is 14.8. The zero-order valence-electron chi connectivity index (χ0n) is 29.9. The maximum atomic E-state index is 13.3. The molecular formula is C41H51Cl2N3O5. The van der Waals surface area contributed by atoms with Crippen molar-refractivity contribution in [1.29, 1.82) is 5.26 Å². The average Bonchev–Trinajstić information content (AvgIpc) is 4.08. The molecule has 2 saturated carbocycles. The van der Waals surface area contributed by atoms with Gasteiger partial charge in [-0.1, -0.05) is 47.5 Å². The van der Waals surface area contributed by atoms with Gasteiger partial charge in [-0.3, -0.25) is 4.79 Å². The second kappa shape index (κ2) is 19.4. The highest BCUT2D eigenvalue weighted by Gasteiger charge is 2.43. The lowest BCUT2D eigenvalue weighted by molar-refractivity contribution is -0.137. The van der Waals surface area contributed by atoms with Crippen molar-refractivity contribution in [3.63, 3.8) is 0 Å². The molecule has 1 heterocycles. The smallest absolute Gasteiger partial charge is 0.227 e. The highest BCUT2D eigenvalue weighted by molar-refractivity contribution is 6.37. The van der Waals surface area contributed by atoms with Crippen molar-refractivity contribution < 1.29 is 23.7 Å². The third-order valence-corrected chi connectivity index (χ3v) is 10.1. The first kappa shape index (κ1) is 38.7. The summed E-state index contributed by atoms with van der Waals surface area (Å²) in [7, 11) is 1.73. The van der Waals surface area contributed by atoms with Crippen molar-refractivity contribution in [1.82, 2.24) is 10.2 Å². The number of aryl methyl sites for hydroxylation is 2. The van der Waals surface area contributed by atoms with Crippen LogP contribution in [0.3, 0.4) is 0 Å². The van der Waals surface area contributed by atoms with Gasteiger partial charge in [-0.25, -0.2) is 0 Å². The van der Waals surface area contributed by atoms with Crippen LogP contribution in [0.1, 0.15) is 68.1 Å². The Balaban J connectivity index is 0.000000226.